The molecule has 0 saturated carbocycles. The van der Waals surface area contributed by atoms with Gasteiger partial charge in [0, 0.05) is 55.1 Å². The number of nitrogens with zero attached hydrogens (tertiary/aromatic N) is 5. The molecule has 36 heavy (non-hydrogen) atoms. The molecule has 1 N–H and O–H groups in total. The molecule has 1 aromatic heterocycles. The summed E-state index contributed by atoms with van der Waals surface area (Å²) in [6.45, 7) is 9.16. The van der Waals surface area contributed by atoms with Gasteiger partial charge in [0.25, 0.3) is 0 Å². The lowest BCUT2D eigenvalue weighted by molar-refractivity contribution is 0.208. The van der Waals surface area contributed by atoms with Gasteiger partial charge in [0.1, 0.15) is 24.0 Å². The number of ether oxygens (including phenoxy) is 1. The molecule has 8 nitrogen and oxygen atoms in total. The predicted octanol–water partition coefficient (Wildman–Crippen LogP) is 4.91. The van der Waals surface area contributed by atoms with Crippen LogP contribution in [-0.4, -0.2) is 47.1 Å². The summed E-state index contributed by atoms with van der Waals surface area (Å²) in [7, 11) is 0. The van der Waals surface area contributed by atoms with Gasteiger partial charge in [-0.3, -0.25) is 0 Å². The van der Waals surface area contributed by atoms with Crippen LogP contribution in [0, 0.1) is 18.3 Å². The molecule has 0 unspecified atom stereocenters. The number of urea groups is 1. The fraction of sp³-hybridized carbons (Fsp3) is 0.357. The second-order valence-electron chi connectivity index (χ2n) is 9.21. The number of amides is 2. The van der Waals surface area contributed by atoms with Crippen LogP contribution in [0.3, 0.4) is 0 Å². The van der Waals surface area contributed by atoms with Crippen molar-refractivity contribution in [3.05, 3.63) is 77.2 Å². The van der Waals surface area contributed by atoms with E-state index in [-0.39, 0.29) is 11.9 Å². The van der Waals surface area contributed by atoms with Gasteiger partial charge in [-0.1, -0.05) is 44.2 Å². The Kier molecular flexibility index (Phi) is 8.01. The van der Waals surface area contributed by atoms with Crippen molar-refractivity contribution in [2.45, 2.75) is 39.7 Å². The Bertz CT molecular complexity index is 1230. The Labute approximate surface area is 212 Å². The third-order valence-electron chi connectivity index (χ3n) is 6.13. The summed E-state index contributed by atoms with van der Waals surface area (Å²) in [4.78, 5) is 26.4. The molecule has 4 rings (SSSR count). The molecular weight excluding hydrogens is 452 g/mol. The maximum atomic E-state index is 13.0. The van der Waals surface area contributed by atoms with Crippen LogP contribution in [0.2, 0.25) is 0 Å². The van der Waals surface area contributed by atoms with Gasteiger partial charge in [-0.05, 0) is 30.7 Å². The Morgan fingerprint density at radius 1 is 1.08 bits per heavy atom. The van der Waals surface area contributed by atoms with Crippen molar-refractivity contribution in [2.75, 3.05) is 36.4 Å². The summed E-state index contributed by atoms with van der Waals surface area (Å²) in [6.07, 6.45) is 0.376. The number of hydrogen-bond donors (Lipinski definition) is 1. The van der Waals surface area contributed by atoms with E-state index < -0.39 is 0 Å². The molecule has 186 valence electrons. The summed E-state index contributed by atoms with van der Waals surface area (Å²) in [5.74, 6) is 2.76. The highest BCUT2D eigenvalue weighted by atomic mass is 16.5. The first kappa shape index (κ1) is 25.0. The second-order valence-corrected chi connectivity index (χ2v) is 9.21. The molecule has 2 amide bonds. The van der Waals surface area contributed by atoms with E-state index in [9.17, 15) is 4.79 Å². The van der Waals surface area contributed by atoms with Crippen molar-refractivity contribution < 1.29 is 9.53 Å². The smallest absolute Gasteiger partial charge is 0.321 e. The van der Waals surface area contributed by atoms with Crippen LogP contribution < -0.4 is 15.0 Å². The SMILES string of the molecule is Cc1cc(N2CCN(C(=O)Nc3ccccc3COc3ccc(CC#N)cc3)CC2)nc(C(C)C)n1. The largest absolute Gasteiger partial charge is 0.489 e. The van der Waals surface area contributed by atoms with Gasteiger partial charge in [0.2, 0.25) is 0 Å². The highest BCUT2D eigenvalue weighted by molar-refractivity contribution is 5.90. The fourth-order valence-electron chi connectivity index (χ4n) is 4.05. The van der Waals surface area contributed by atoms with Gasteiger partial charge in [0.05, 0.1) is 12.5 Å². The molecule has 1 saturated heterocycles. The molecule has 1 aliphatic rings. The number of carbonyl (C=O) groups is 1. The second kappa shape index (κ2) is 11.5. The van der Waals surface area contributed by atoms with Crippen LogP contribution in [0.15, 0.2) is 54.6 Å². The average Bonchev–Trinajstić information content (AvgIpc) is 2.89. The number of nitrogens with one attached hydrogen (secondary N) is 1. The summed E-state index contributed by atoms with van der Waals surface area (Å²) >= 11 is 0. The van der Waals surface area contributed by atoms with Gasteiger partial charge < -0.3 is 19.9 Å². The quantitative estimate of drug-likeness (QED) is 0.512. The van der Waals surface area contributed by atoms with Crippen molar-refractivity contribution in [3.63, 3.8) is 0 Å². The molecule has 1 fully saturated rings. The van der Waals surface area contributed by atoms with E-state index in [1.54, 1.807) is 0 Å². The first-order valence-corrected chi connectivity index (χ1v) is 12.3. The normalized spacial score (nSPS) is 13.4. The van der Waals surface area contributed by atoms with E-state index >= 15 is 0 Å². The number of carbonyl (C=O) groups excluding carboxylic acids is 1. The van der Waals surface area contributed by atoms with E-state index in [4.69, 9.17) is 15.0 Å². The van der Waals surface area contributed by atoms with Crippen molar-refractivity contribution >= 4 is 17.5 Å². The van der Waals surface area contributed by atoms with E-state index in [0.29, 0.717) is 39.2 Å². The molecule has 0 spiro atoms. The van der Waals surface area contributed by atoms with Crippen molar-refractivity contribution in [1.29, 1.82) is 5.26 Å². The molecule has 3 aromatic rings. The minimum absolute atomic E-state index is 0.121. The van der Waals surface area contributed by atoms with E-state index in [2.05, 4.69) is 35.1 Å². The zero-order chi connectivity index (χ0) is 25.5. The number of aryl methyl sites for hydroxylation is 1. The van der Waals surface area contributed by atoms with Crippen LogP contribution >= 0.6 is 0 Å². The van der Waals surface area contributed by atoms with Crippen LogP contribution in [0.4, 0.5) is 16.3 Å². The predicted molar refractivity (Wildman–Crippen MR) is 140 cm³/mol. The van der Waals surface area contributed by atoms with Crippen molar-refractivity contribution in [2.24, 2.45) is 0 Å². The molecule has 2 aromatic carbocycles. The van der Waals surface area contributed by atoms with Crippen LogP contribution in [0.5, 0.6) is 5.75 Å². The zero-order valence-corrected chi connectivity index (χ0v) is 21.1. The number of nitriles is 1. The van der Waals surface area contributed by atoms with E-state index in [1.807, 2.05) is 66.4 Å². The number of para-hydroxylation sites is 1. The maximum absolute atomic E-state index is 13.0. The monoisotopic (exact) mass is 484 g/mol. The van der Waals surface area contributed by atoms with Crippen LogP contribution in [-0.2, 0) is 13.0 Å². The van der Waals surface area contributed by atoms with Crippen LogP contribution in [0.25, 0.3) is 0 Å². The fourth-order valence-corrected chi connectivity index (χ4v) is 4.05. The van der Waals surface area contributed by atoms with Crippen molar-refractivity contribution in [3.8, 4) is 11.8 Å². The van der Waals surface area contributed by atoms with E-state index in [0.717, 1.165) is 39.9 Å². The molecule has 2 heterocycles. The third kappa shape index (κ3) is 6.30. The summed E-state index contributed by atoms with van der Waals surface area (Å²) < 4.78 is 5.93. The molecule has 0 atom stereocenters. The lowest BCUT2D eigenvalue weighted by Crippen LogP contribution is -2.50. The number of hydrogen-bond acceptors (Lipinski definition) is 6. The number of piperazine rings is 1. The standard InChI is InChI=1S/C28H32N6O2/c1-20(2)27-30-21(3)18-26(32-27)33-14-16-34(17-15-33)28(35)31-25-7-5-4-6-23(25)19-36-24-10-8-22(9-11-24)12-13-29/h4-11,18,20H,12,14-17,19H2,1-3H3,(H,31,35). The Morgan fingerprint density at radius 3 is 2.50 bits per heavy atom. The summed E-state index contributed by atoms with van der Waals surface area (Å²) in [5.41, 5.74) is 3.54. The topological polar surface area (TPSA) is 94.4 Å². The lowest BCUT2D eigenvalue weighted by atomic mass is 10.1. The number of benzene rings is 2. The van der Waals surface area contributed by atoms with Gasteiger partial charge in [-0.25, -0.2) is 14.8 Å². The summed E-state index contributed by atoms with van der Waals surface area (Å²) in [6, 6.07) is 19.2. The third-order valence-corrected chi connectivity index (χ3v) is 6.13. The minimum Gasteiger partial charge on any atom is -0.489 e. The zero-order valence-electron chi connectivity index (χ0n) is 21.1. The molecular formula is C28H32N6O2. The van der Waals surface area contributed by atoms with Gasteiger partial charge in [0.15, 0.2) is 0 Å². The average molecular weight is 485 g/mol. The molecule has 1 aliphatic heterocycles. The van der Waals surface area contributed by atoms with Gasteiger partial charge in [-0.15, -0.1) is 0 Å². The van der Waals surface area contributed by atoms with Crippen molar-refractivity contribution in [1.82, 2.24) is 14.9 Å². The Morgan fingerprint density at radius 2 is 1.81 bits per heavy atom. The maximum Gasteiger partial charge on any atom is 0.321 e. The highest BCUT2D eigenvalue weighted by Gasteiger charge is 2.23. The molecule has 0 radical (unpaired) electrons. The number of aromatic nitrogens is 2. The molecule has 0 bridgehead atoms. The molecule has 0 aliphatic carbocycles. The Hall–Kier alpha value is -4.12. The highest BCUT2D eigenvalue weighted by Crippen LogP contribution is 2.22. The molecule has 8 heteroatoms. The number of anilines is 2. The minimum atomic E-state index is -0.121. The van der Waals surface area contributed by atoms with Gasteiger partial charge in [-0.2, -0.15) is 5.26 Å². The first-order chi connectivity index (χ1) is 17.4. The van der Waals surface area contributed by atoms with Crippen LogP contribution in [0.1, 0.15) is 42.4 Å². The number of rotatable bonds is 7. The summed E-state index contributed by atoms with van der Waals surface area (Å²) in [5, 5.41) is 11.9. The van der Waals surface area contributed by atoms with E-state index in [1.165, 1.54) is 0 Å². The first-order valence-electron chi connectivity index (χ1n) is 12.3. The lowest BCUT2D eigenvalue weighted by Gasteiger charge is -2.35. The Balaban J connectivity index is 1.34. The van der Waals surface area contributed by atoms with Gasteiger partial charge >= 0.3 is 6.03 Å².